The number of likely N-dealkylation sites (tertiary alicyclic amines) is 1. The van der Waals surface area contributed by atoms with Crippen LogP contribution in [0, 0.1) is 5.41 Å². The average molecular weight is 389 g/mol. The largest absolute Gasteiger partial charge is 0.351 e. The van der Waals surface area contributed by atoms with Crippen molar-refractivity contribution in [1.29, 1.82) is 0 Å². The number of alkyl halides is 2. The van der Waals surface area contributed by atoms with Crippen molar-refractivity contribution in [2.24, 2.45) is 10.4 Å². The molecule has 1 rings (SSSR count). The van der Waals surface area contributed by atoms with Gasteiger partial charge in [-0.3, -0.25) is 4.99 Å². The van der Waals surface area contributed by atoms with Crippen LogP contribution in [0.15, 0.2) is 4.99 Å². The van der Waals surface area contributed by atoms with E-state index in [1.54, 1.807) is 7.05 Å². The van der Waals surface area contributed by atoms with Crippen molar-refractivity contribution in [3.05, 3.63) is 0 Å². The van der Waals surface area contributed by atoms with E-state index in [2.05, 4.69) is 29.1 Å². The number of piperidine rings is 1. The maximum Gasteiger partial charge on any atom is 0.255 e. The smallest absolute Gasteiger partial charge is 0.255 e. The monoisotopic (exact) mass is 389 g/mol. The lowest BCUT2D eigenvalue weighted by molar-refractivity contribution is 0.133. The fourth-order valence-electron chi connectivity index (χ4n) is 2.80. The van der Waals surface area contributed by atoms with Gasteiger partial charge in [-0.25, -0.2) is 8.78 Å². The molecule has 0 aliphatic carbocycles. The van der Waals surface area contributed by atoms with E-state index >= 15 is 0 Å². The van der Waals surface area contributed by atoms with Crippen LogP contribution in [0.3, 0.4) is 0 Å². The third kappa shape index (κ3) is 6.23. The molecule has 1 N–H and O–H groups in total. The summed E-state index contributed by atoms with van der Waals surface area (Å²) in [5.41, 5.74) is 0.287. The zero-order chi connectivity index (χ0) is 13.6. The van der Waals surface area contributed by atoms with E-state index in [0.717, 1.165) is 25.9 Å². The standard InChI is InChI=1S/C13H25F2N3.HI/c1-4-6-13(2)7-5-8-18(10-13)12(16-3)17-9-11(14)15;/h11H,4-10H2,1-3H3,(H,16,17);1H. The van der Waals surface area contributed by atoms with Crippen LogP contribution in [0.25, 0.3) is 0 Å². The van der Waals surface area contributed by atoms with Crippen LogP contribution in [0.4, 0.5) is 8.78 Å². The summed E-state index contributed by atoms with van der Waals surface area (Å²) in [6, 6.07) is 0. The molecule has 1 aliphatic rings. The van der Waals surface area contributed by atoms with Crippen LogP contribution >= 0.6 is 24.0 Å². The maximum atomic E-state index is 12.2. The molecule has 0 aromatic rings. The summed E-state index contributed by atoms with van der Waals surface area (Å²) in [6.45, 7) is 5.96. The van der Waals surface area contributed by atoms with Gasteiger partial charge in [-0.15, -0.1) is 24.0 Å². The summed E-state index contributed by atoms with van der Waals surface area (Å²) in [5, 5.41) is 2.74. The summed E-state index contributed by atoms with van der Waals surface area (Å²) in [5.74, 6) is 0.609. The first-order chi connectivity index (χ1) is 8.50. The molecule has 0 radical (unpaired) electrons. The number of rotatable bonds is 4. The Balaban J connectivity index is 0.00000324. The average Bonchev–Trinajstić information content (AvgIpc) is 2.29. The van der Waals surface area contributed by atoms with Crippen molar-refractivity contribution in [2.45, 2.75) is 46.0 Å². The van der Waals surface area contributed by atoms with Crippen LogP contribution < -0.4 is 5.32 Å². The van der Waals surface area contributed by atoms with Crippen molar-refractivity contribution in [3.8, 4) is 0 Å². The lowest BCUT2D eigenvalue weighted by Gasteiger charge is -2.42. The van der Waals surface area contributed by atoms with Crippen LogP contribution in [0.2, 0.25) is 0 Å². The van der Waals surface area contributed by atoms with Gasteiger partial charge in [0.25, 0.3) is 6.43 Å². The lowest BCUT2D eigenvalue weighted by Crippen LogP contribution is -2.50. The van der Waals surface area contributed by atoms with E-state index in [1.165, 1.54) is 12.8 Å². The zero-order valence-corrected chi connectivity index (χ0v) is 14.4. The highest BCUT2D eigenvalue weighted by Crippen LogP contribution is 2.33. The summed E-state index contributed by atoms with van der Waals surface area (Å²) in [6.07, 6.45) is 2.31. The number of aliphatic imine (C=N–C) groups is 1. The molecule has 6 heteroatoms. The molecule has 1 fully saturated rings. The molecular formula is C13H26F2IN3. The predicted molar refractivity (Wildman–Crippen MR) is 86.6 cm³/mol. The third-order valence-corrected chi connectivity index (χ3v) is 3.56. The minimum Gasteiger partial charge on any atom is -0.351 e. The number of halogens is 3. The Morgan fingerprint density at radius 3 is 2.68 bits per heavy atom. The van der Waals surface area contributed by atoms with E-state index in [-0.39, 0.29) is 35.9 Å². The Morgan fingerprint density at radius 2 is 2.16 bits per heavy atom. The molecule has 0 saturated carbocycles. The predicted octanol–water partition coefficient (Wildman–Crippen LogP) is 3.35. The molecular weight excluding hydrogens is 363 g/mol. The van der Waals surface area contributed by atoms with E-state index < -0.39 is 6.43 Å². The number of nitrogens with zero attached hydrogens (tertiary/aromatic N) is 2. The summed E-state index contributed by atoms with van der Waals surface area (Å²) in [4.78, 5) is 6.22. The van der Waals surface area contributed by atoms with E-state index in [0.29, 0.717) is 5.96 Å². The molecule has 1 atom stereocenters. The van der Waals surface area contributed by atoms with Gasteiger partial charge in [-0.05, 0) is 24.7 Å². The maximum absolute atomic E-state index is 12.2. The summed E-state index contributed by atoms with van der Waals surface area (Å²) >= 11 is 0. The molecule has 114 valence electrons. The molecule has 1 unspecified atom stereocenters. The van der Waals surface area contributed by atoms with Crippen molar-refractivity contribution < 1.29 is 8.78 Å². The van der Waals surface area contributed by atoms with Gasteiger partial charge in [0.05, 0.1) is 6.54 Å². The van der Waals surface area contributed by atoms with Crippen LogP contribution in [0.1, 0.15) is 39.5 Å². The van der Waals surface area contributed by atoms with Gasteiger partial charge < -0.3 is 10.2 Å². The van der Waals surface area contributed by atoms with Gasteiger partial charge in [0.1, 0.15) is 0 Å². The molecule has 19 heavy (non-hydrogen) atoms. The quantitative estimate of drug-likeness (QED) is 0.454. The fraction of sp³-hybridized carbons (Fsp3) is 0.923. The highest BCUT2D eigenvalue weighted by molar-refractivity contribution is 14.0. The Morgan fingerprint density at radius 1 is 1.47 bits per heavy atom. The molecule has 1 saturated heterocycles. The third-order valence-electron chi connectivity index (χ3n) is 3.56. The topological polar surface area (TPSA) is 27.6 Å². The molecule has 3 nitrogen and oxygen atoms in total. The minimum absolute atomic E-state index is 0. The van der Waals surface area contributed by atoms with Gasteiger partial charge in [-0.1, -0.05) is 20.3 Å². The highest BCUT2D eigenvalue weighted by Gasteiger charge is 2.31. The van der Waals surface area contributed by atoms with Crippen molar-refractivity contribution >= 4 is 29.9 Å². The molecule has 1 aliphatic heterocycles. The molecule has 0 amide bonds. The van der Waals surface area contributed by atoms with Crippen molar-refractivity contribution in [2.75, 3.05) is 26.7 Å². The van der Waals surface area contributed by atoms with Crippen molar-refractivity contribution in [1.82, 2.24) is 10.2 Å². The minimum atomic E-state index is -2.34. The lowest BCUT2D eigenvalue weighted by atomic mass is 9.78. The second-order valence-electron chi connectivity index (χ2n) is 5.40. The number of hydrogen-bond donors (Lipinski definition) is 1. The first kappa shape index (κ1) is 18.9. The number of nitrogens with one attached hydrogen (secondary N) is 1. The van der Waals surface area contributed by atoms with Crippen molar-refractivity contribution in [3.63, 3.8) is 0 Å². The SMILES string of the molecule is CCCC1(C)CCCN(C(=NC)NCC(F)F)C1.I. The Bertz CT molecular complexity index is 283. The van der Waals surface area contributed by atoms with Gasteiger partial charge in [-0.2, -0.15) is 0 Å². The van der Waals surface area contributed by atoms with E-state index in [9.17, 15) is 8.78 Å². The summed E-state index contributed by atoms with van der Waals surface area (Å²) < 4.78 is 24.5. The molecule has 1 heterocycles. The fourth-order valence-corrected chi connectivity index (χ4v) is 2.80. The molecule has 0 aromatic carbocycles. The second-order valence-corrected chi connectivity index (χ2v) is 5.40. The van der Waals surface area contributed by atoms with Gasteiger partial charge in [0.15, 0.2) is 5.96 Å². The number of hydrogen-bond acceptors (Lipinski definition) is 1. The first-order valence-electron chi connectivity index (χ1n) is 6.74. The molecule has 0 spiro atoms. The molecule has 0 bridgehead atoms. The Labute approximate surface area is 132 Å². The van der Waals surface area contributed by atoms with E-state index in [4.69, 9.17) is 0 Å². The van der Waals surface area contributed by atoms with Crippen LogP contribution in [0.5, 0.6) is 0 Å². The Kier molecular flexibility index (Phi) is 8.85. The number of guanidine groups is 1. The van der Waals surface area contributed by atoms with Crippen LogP contribution in [-0.4, -0.2) is 44.0 Å². The van der Waals surface area contributed by atoms with Gasteiger partial charge in [0, 0.05) is 20.1 Å². The highest BCUT2D eigenvalue weighted by atomic mass is 127. The van der Waals surface area contributed by atoms with Gasteiger partial charge >= 0.3 is 0 Å². The van der Waals surface area contributed by atoms with E-state index in [1.807, 2.05) is 0 Å². The second kappa shape index (κ2) is 8.92. The normalized spacial score (nSPS) is 24.3. The zero-order valence-electron chi connectivity index (χ0n) is 12.1. The van der Waals surface area contributed by atoms with Crippen LogP contribution in [-0.2, 0) is 0 Å². The summed E-state index contributed by atoms with van der Waals surface area (Å²) in [7, 11) is 1.65. The first-order valence-corrected chi connectivity index (χ1v) is 6.74. The van der Waals surface area contributed by atoms with Gasteiger partial charge in [0.2, 0.25) is 0 Å². The Hall–Kier alpha value is -0.140. The molecule has 0 aromatic heterocycles.